The van der Waals surface area contributed by atoms with Crippen molar-refractivity contribution in [3.8, 4) is 0 Å². The molecule has 1 rings (SSSR count). The zero-order valence-corrected chi connectivity index (χ0v) is 11.4. The van der Waals surface area contributed by atoms with Crippen molar-refractivity contribution in [2.24, 2.45) is 5.41 Å². The van der Waals surface area contributed by atoms with Crippen molar-refractivity contribution in [1.29, 1.82) is 0 Å². The SMILES string of the molecule is CC(C)(CCCO)CNC(=O)CN1C(=O)CNC1=O. The van der Waals surface area contributed by atoms with Crippen LogP contribution in [0.25, 0.3) is 0 Å². The topological polar surface area (TPSA) is 98.7 Å². The first kappa shape index (κ1) is 15.4. The second kappa shape index (κ2) is 6.51. The van der Waals surface area contributed by atoms with Crippen LogP contribution >= 0.6 is 0 Å². The summed E-state index contributed by atoms with van der Waals surface area (Å²) in [7, 11) is 0. The van der Waals surface area contributed by atoms with Gasteiger partial charge in [-0.2, -0.15) is 0 Å². The number of nitrogens with one attached hydrogen (secondary N) is 2. The molecule has 1 aliphatic rings. The summed E-state index contributed by atoms with van der Waals surface area (Å²) < 4.78 is 0. The third-order valence-electron chi connectivity index (χ3n) is 3.01. The van der Waals surface area contributed by atoms with E-state index in [0.717, 1.165) is 11.3 Å². The zero-order chi connectivity index (χ0) is 14.5. The molecule has 4 amide bonds. The number of carbonyl (C=O) groups is 3. The molecule has 0 aromatic carbocycles. The van der Waals surface area contributed by atoms with Crippen LogP contribution in [0.1, 0.15) is 26.7 Å². The number of amides is 4. The van der Waals surface area contributed by atoms with Crippen LogP contribution in [0.3, 0.4) is 0 Å². The van der Waals surface area contributed by atoms with E-state index in [1.165, 1.54) is 0 Å². The summed E-state index contributed by atoms with van der Waals surface area (Å²) in [6.45, 7) is 4.23. The van der Waals surface area contributed by atoms with Crippen molar-refractivity contribution in [2.75, 3.05) is 26.2 Å². The molecule has 0 aromatic heterocycles. The minimum Gasteiger partial charge on any atom is -0.396 e. The van der Waals surface area contributed by atoms with E-state index in [9.17, 15) is 14.4 Å². The highest BCUT2D eigenvalue weighted by Crippen LogP contribution is 2.20. The van der Waals surface area contributed by atoms with Crippen LogP contribution in [0.2, 0.25) is 0 Å². The van der Waals surface area contributed by atoms with E-state index < -0.39 is 6.03 Å². The third-order valence-corrected chi connectivity index (χ3v) is 3.01. The molecular weight excluding hydrogens is 250 g/mol. The van der Waals surface area contributed by atoms with Crippen LogP contribution < -0.4 is 10.6 Å². The fourth-order valence-corrected chi connectivity index (χ4v) is 1.80. The van der Waals surface area contributed by atoms with Crippen LogP contribution in [0.4, 0.5) is 4.79 Å². The van der Waals surface area contributed by atoms with Crippen LogP contribution in [-0.2, 0) is 9.59 Å². The molecule has 0 unspecified atom stereocenters. The summed E-state index contributed by atoms with van der Waals surface area (Å²) in [6, 6.07) is -0.528. The van der Waals surface area contributed by atoms with Gasteiger partial charge in [0.25, 0.3) is 5.91 Å². The molecule has 7 heteroatoms. The van der Waals surface area contributed by atoms with E-state index >= 15 is 0 Å². The normalized spacial score (nSPS) is 15.6. The van der Waals surface area contributed by atoms with Crippen LogP contribution in [0, 0.1) is 5.41 Å². The number of hydrogen-bond acceptors (Lipinski definition) is 4. The highest BCUT2D eigenvalue weighted by Gasteiger charge is 2.30. The Morgan fingerprint density at radius 2 is 2.16 bits per heavy atom. The molecule has 1 fully saturated rings. The molecule has 0 bridgehead atoms. The fourth-order valence-electron chi connectivity index (χ4n) is 1.80. The first-order valence-corrected chi connectivity index (χ1v) is 6.31. The average molecular weight is 271 g/mol. The number of rotatable bonds is 7. The Kier molecular flexibility index (Phi) is 5.29. The molecule has 19 heavy (non-hydrogen) atoms. The molecule has 1 heterocycles. The summed E-state index contributed by atoms with van der Waals surface area (Å²) in [5.74, 6) is -0.748. The second-order valence-corrected chi connectivity index (χ2v) is 5.41. The fraction of sp³-hybridized carbons (Fsp3) is 0.750. The Balaban J connectivity index is 2.35. The van der Waals surface area contributed by atoms with Crippen LogP contribution in [-0.4, -0.2) is 54.1 Å². The lowest BCUT2D eigenvalue weighted by atomic mass is 9.88. The molecule has 0 radical (unpaired) electrons. The second-order valence-electron chi connectivity index (χ2n) is 5.41. The van der Waals surface area contributed by atoms with Gasteiger partial charge in [0.15, 0.2) is 0 Å². The molecule has 7 nitrogen and oxygen atoms in total. The molecule has 108 valence electrons. The Morgan fingerprint density at radius 1 is 1.47 bits per heavy atom. The lowest BCUT2D eigenvalue weighted by molar-refractivity contribution is -0.130. The smallest absolute Gasteiger partial charge is 0.325 e. The maximum Gasteiger partial charge on any atom is 0.325 e. The Bertz CT molecular complexity index is 352. The standard InChI is InChI=1S/C12H21N3O4/c1-12(2,4-3-5-16)8-14-9(17)7-15-10(18)6-13-11(15)19/h16H,3-8H2,1-2H3,(H,13,19)(H,14,17). The van der Waals surface area contributed by atoms with E-state index in [1.807, 2.05) is 13.8 Å². The van der Waals surface area contributed by atoms with E-state index in [4.69, 9.17) is 5.11 Å². The van der Waals surface area contributed by atoms with E-state index in [-0.39, 0.29) is 36.9 Å². The van der Waals surface area contributed by atoms with Crippen molar-refractivity contribution in [1.82, 2.24) is 15.5 Å². The number of aliphatic hydroxyl groups excluding tert-OH is 1. The maximum atomic E-state index is 11.7. The summed E-state index contributed by atoms with van der Waals surface area (Å²) in [4.78, 5) is 35.1. The quantitative estimate of drug-likeness (QED) is 0.541. The van der Waals surface area contributed by atoms with Crippen LogP contribution in [0.5, 0.6) is 0 Å². The number of hydrogen-bond donors (Lipinski definition) is 3. The average Bonchev–Trinajstić information content (AvgIpc) is 2.66. The number of nitrogens with zero attached hydrogens (tertiary/aromatic N) is 1. The molecule has 0 saturated carbocycles. The van der Waals surface area contributed by atoms with Gasteiger partial charge in [0.05, 0.1) is 6.54 Å². The molecule has 0 aliphatic carbocycles. The van der Waals surface area contributed by atoms with Gasteiger partial charge >= 0.3 is 6.03 Å². The molecule has 1 aliphatic heterocycles. The summed E-state index contributed by atoms with van der Waals surface area (Å²) >= 11 is 0. The van der Waals surface area contributed by atoms with Crippen LogP contribution in [0.15, 0.2) is 0 Å². The molecule has 0 atom stereocenters. The predicted octanol–water partition coefficient (Wildman–Crippen LogP) is -0.547. The van der Waals surface area contributed by atoms with E-state index in [2.05, 4.69) is 10.6 Å². The molecule has 1 saturated heterocycles. The minimum absolute atomic E-state index is 0.0475. The van der Waals surface area contributed by atoms with Crippen molar-refractivity contribution in [2.45, 2.75) is 26.7 Å². The molecule has 0 spiro atoms. The van der Waals surface area contributed by atoms with Crippen molar-refractivity contribution >= 4 is 17.8 Å². The van der Waals surface area contributed by atoms with Gasteiger partial charge in [-0.25, -0.2) is 4.79 Å². The third kappa shape index (κ3) is 4.86. The van der Waals surface area contributed by atoms with Gasteiger partial charge in [-0.05, 0) is 18.3 Å². The summed E-state index contributed by atoms with van der Waals surface area (Å²) in [5, 5.41) is 13.8. The van der Waals surface area contributed by atoms with Gasteiger partial charge in [-0.3, -0.25) is 14.5 Å². The van der Waals surface area contributed by atoms with Crippen molar-refractivity contribution in [3.63, 3.8) is 0 Å². The van der Waals surface area contributed by atoms with Gasteiger partial charge in [0.1, 0.15) is 6.54 Å². The van der Waals surface area contributed by atoms with Gasteiger partial charge in [-0.1, -0.05) is 13.8 Å². The minimum atomic E-state index is -0.528. The largest absolute Gasteiger partial charge is 0.396 e. The zero-order valence-electron chi connectivity index (χ0n) is 11.4. The summed E-state index contributed by atoms with van der Waals surface area (Å²) in [5.41, 5.74) is -0.129. The van der Waals surface area contributed by atoms with Gasteiger partial charge in [0, 0.05) is 13.2 Å². The number of imide groups is 1. The van der Waals surface area contributed by atoms with Gasteiger partial charge < -0.3 is 15.7 Å². The van der Waals surface area contributed by atoms with Gasteiger partial charge in [-0.15, -0.1) is 0 Å². The van der Waals surface area contributed by atoms with E-state index in [0.29, 0.717) is 13.0 Å². The molecule has 3 N–H and O–H groups in total. The number of aliphatic hydroxyl groups is 1. The van der Waals surface area contributed by atoms with Crippen molar-refractivity contribution in [3.05, 3.63) is 0 Å². The lowest BCUT2D eigenvalue weighted by Gasteiger charge is -2.25. The Labute approximate surface area is 112 Å². The van der Waals surface area contributed by atoms with Crippen molar-refractivity contribution < 1.29 is 19.5 Å². The highest BCUT2D eigenvalue weighted by atomic mass is 16.3. The number of urea groups is 1. The monoisotopic (exact) mass is 271 g/mol. The first-order chi connectivity index (χ1) is 8.85. The molecule has 0 aromatic rings. The number of carbonyl (C=O) groups excluding carboxylic acids is 3. The summed E-state index contributed by atoms with van der Waals surface area (Å²) in [6.07, 6.45) is 1.46. The van der Waals surface area contributed by atoms with E-state index in [1.54, 1.807) is 0 Å². The molecular formula is C12H21N3O4. The first-order valence-electron chi connectivity index (χ1n) is 6.31. The Morgan fingerprint density at radius 3 is 2.68 bits per heavy atom. The maximum absolute atomic E-state index is 11.7. The predicted molar refractivity (Wildman–Crippen MR) is 68.2 cm³/mol. The van der Waals surface area contributed by atoms with Gasteiger partial charge in [0.2, 0.25) is 5.91 Å². The Hall–Kier alpha value is -1.63. The lowest BCUT2D eigenvalue weighted by Crippen LogP contribution is -2.43. The highest BCUT2D eigenvalue weighted by molar-refractivity contribution is 6.04.